The van der Waals surface area contributed by atoms with Gasteiger partial charge in [0.2, 0.25) is 0 Å². The van der Waals surface area contributed by atoms with Crippen molar-refractivity contribution in [1.29, 1.82) is 0 Å². The molecule has 0 spiro atoms. The molecular formula is C8H17NO. The second-order valence-corrected chi connectivity index (χ2v) is 2.88. The van der Waals surface area contributed by atoms with E-state index in [-0.39, 0.29) is 0 Å². The molecule has 10 heavy (non-hydrogen) atoms. The van der Waals surface area contributed by atoms with Crippen molar-refractivity contribution in [2.24, 2.45) is 0 Å². The van der Waals surface area contributed by atoms with Crippen LogP contribution in [0.1, 0.15) is 26.2 Å². The molecule has 0 saturated heterocycles. The lowest BCUT2D eigenvalue weighted by atomic mass is 10.2. The molecular weight excluding hydrogens is 126 g/mol. The Morgan fingerprint density at radius 2 is 2.30 bits per heavy atom. The maximum Gasteiger partial charge on any atom is 0.0590 e. The molecule has 0 aromatic rings. The summed E-state index contributed by atoms with van der Waals surface area (Å²) in [4.78, 5) is 0. The van der Waals surface area contributed by atoms with Gasteiger partial charge in [0.15, 0.2) is 0 Å². The third-order valence-corrected chi connectivity index (χ3v) is 2.20. The van der Waals surface area contributed by atoms with Gasteiger partial charge in [-0.2, -0.15) is 0 Å². The van der Waals surface area contributed by atoms with Crippen LogP contribution in [-0.2, 0) is 4.74 Å². The van der Waals surface area contributed by atoms with Gasteiger partial charge in [-0.1, -0.05) is 0 Å². The first-order valence-corrected chi connectivity index (χ1v) is 4.15. The molecule has 0 radical (unpaired) electrons. The van der Waals surface area contributed by atoms with Gasteiger partial charge in [0.05, 0.1) is 6.10 Å². The van der Waals surface area contributed by atoms with Crippen molar-refractivity contribution in [2.75, 3.05) is 13.7 Å². The fourth-order valence-electron chi connectivity index (χ4n) is 1.59. The summed E-state index contributed by atoms with van der Waals surface area (Å²) >= 11 is 0. The van der Waals surface area contributed by atoms with Crippen LogP contribution < -0.4 is 5.32 Å². The highest BCUT2D eigenvalue weighted by molar-refractivity contribution is 4.79. The lowest BCUT2D eigenvalue weighted by Gasteiger charge is -2.09. The molecule has 2 atom stereocenters. The first kappa shape index (κ1) is 8.02. The summed E-state index contributed by atoms with van der Waals surface area (Å²) in [5, 5.41) is 3.27. The van der Waals surface area contributed by atoms with Gasteiger partial charge in [0, 0.05) is 12.6 Å². The maximum absolute atomic E-state index is 5.49. The average molecular weight is 143 g/mol. The summed E-state index contributed by atoms with van der Waals surface area (Å²) in [6, 6.07) is 0.705. The smallest absolute Gasteiger partial charge is 0.0590 e. The summed E-state index contributed by atoms with van der Waals surface area (Å²) in [6.45, 7) is 2.92. The number of rotatable bonds is 3. The lowest BCUT2D eigenvalue weighted by molar-refractivity contribution is 0.0669. The van der Waals surface area contributed by atoms with Gasteiger partial charge in [0.1, 0.15) is 0 Å². The molecule has 0 aromatic carbocycles. The van der Waals surface area contributed by atoms with Crippen LogP contribution in [0.5, 0.6) is 0 Å². The summed E-state index contributed by atoms with van der Waals surface area (Å²) in [6.07, 6.45) is 4.24. The fourth-order valence-corrected chi connectivity index (χ4v) is 1.59. The largest absolute Gasteiger partial charge is 0.378 e. The van der Waals surface area contributed by atoms with E-state index in [1.54, 1.807) is 0 Å². The van der Waals surface area contributed by atoms with Crippen LogP contribution in [0, 0.1) is 0 Å². The third kappa shape index (κ3) is 1.96. The predicted molar refractivity (Wildman–Crippen MR) is 42.1 cm³/mol. The van der Waals surface area contributed by atoms with Crippen LogP contribution >= 0.6 is 0 Å². The molecule has 1 N–H and O–H groups in total. The molecule has 0 bridgehead atoms. The van der Waals surface area contributed by atoms with Crippen LogP contribution in [0.2, 0.25) is 0 Å². The van der Waals surface area contributed by atoms with E-state index in [4.69, 9.17) is 4.74 Å². The molecule has 2 unspecified atom stereocenters. The third-order valence-electron chi connectivity index (χ3n) is 2.20. The first-order chi connectivity index (χ1) is 4.86. The van der Waals surface area contributed by atoms with Crippen LogP contribution in [0.4, 0.5) is 0 Å². The van der Waals surface area contributed by atoms with Gasteiger partial charge in [-0.25, -0.2) is 0 Å². The fraction of sp³-hybridized carbons (Fsp3) is 1.00. The van der Waals surface area contributed by atoms with E-state index in [2.05, 4.69) is 12.2 Å². The second-order valence-electron chi connectivity index (χ2n) is 2.88. The molecule has 0 aromatic heterocycles. The van der Waals surface area contributed by atoms with Crippen molar-refractivity contribution in [2.45, 2.75) is 38.3 Å². The molecule has 2 heteroatoms. The Bertz CT molecular complexity index is 95.3. The van der Waals surface area contributed by atoms with Crippen molar-refractivity contribution < 1.29 is 4.74 Å². The van der Waals surface area contributed by atoms with Crippen LogP contribution in [0.3, 0.4) is 0 Å². The molecule has 1 fully saturated rings. The molecule has 1 aliphatic carbocycles. The summed E-state index contributed by atoms with van der Waals surface area (Å²) < 4.78 is 5.49. The van der Waals surface area contributed by atoms with E-state index in [0.29, 0.717) is 12.1 Å². The minimum absolute atomic E-state index is 0.530. The zero-order valence-corrected chi connectivity index (χ0v) is 6.89. The molecule has 1 aliphatic rings. The minimum atomic E-state index is 0.530. The SMILES string of the molecule is CCOC1CCC(NC)C1. The van der Waals surface area contributed by atoms with Crippen LogP contribution in [-0.4, -0.2) is 25.8 Å². The van der Waals surface area contributed by atoms with Gasteiger partial charge in [-0.3, -0.25) is 0 Å². The van der Waals surface area contributed by atoms with Crippen molar-refractivity contribution in [3.05, 3.63) is 0 Å². The Morgan fingerprint density at radius 3 is 2.80 bits per heavy atom. The van der Waals surface area contributed by atoms with Crippen molar-refractivity contribution >= 4 is 0 Å². The Hall–Kier alpha value is -0.0800. The van der Waals surface area contributed by atoms with E-state index in [9.17, 15) is 0 Å². The highest BCUT2D eigenvalue weighted by atomic mass is 16.5. The summed E-state index contributed by atoms with van der Waals surface area (Å²) in [7, 11) is 2.03. The Morgan fingerprint density at radius 1 is 1.50 bits per heavy atom. The van der Waals surface area contributed by atoms with Gasteiger partial charge in [-0.05, 0) is 33.2 Å². The molecule has 1 rings (SSSR count). The normalized spacial score (nSPS) is 33.0. The van der Waals surface area contributed by atoms with Crippen LogP contribution in [0.25, 0.3) is 0 Å². The number of hydrogen-bond acceptors (Lipinski definition) is 2. The number of ether oxygens (including phenoxy) is 1. The van der Waals surface area contributed by atoms with Gasteiger partial charge in [0.25, 0.3) is 0 Å². The van der Waals surface area contributed by atoms with Crippen LogP contribution in [0.15, 0.2) is 0 Å². The highest BCUT2D eigenvalue weighted by Gasteiger charge is 2.22. The minimum Gasteiger partial charge on any atom is -0.378 e. The Balaban J connectivity index is 2.15. The Kier molecular flexibility index (Phi) is 3.16. The average Bonchev–Trinajstić information content (AvgIpc) is 2.37. The first-order valence-electron chi connectivity index (χ1n) is 4.15. The molecule has 2 nitrogen and oxygen atoms in total. The molecule has 0 amide bonds. The van der Waals surface area contributed by atoms with E-state index in [0.717, 1.165) is 6.61 Å². The molecule has 0 aliphatic heterocycles. The van der Waals surface area contributed by atoms with E-state index >= 15 is 0 Å². The van der Waals surface area contributed by atoms with Gasteiger partial charge < -0.3 is 10.1 Å². The lowest BCUT2D eigenvalue weighted by Crippen LogP contribution is -2.22. The van der Waals surface area contributed by atoms with Crippen molar-refractivity contribution in [3.8, 4) is 0 Å². The maximum atomic E-state index is 5.49. The zero-order chi connectivity index (χ0) is 7.40. The highest BCUT2D eigenvalue weighted by Crippen LogP contribution is 2.21. The Labute approximate surface area is 63.0 Å². The monoisotopic (exact) mass is 143 g/mol. The topological polar surface area (TPSA) is 21.3 Å². The van der Waals surface area contributed by atoms with Crippen molar-refractivity contribution in [1.82, 2.24) is 5.32 Å². The number of nitrogens with one attached hydrogen (secondary N) is 1. The zero-order valence-electron chi connectivity index (χ0n) is 6.89. The van der Waals surface area contributed by atoms with E-state index < -0.39 is 0 Å². The second kappa shape index (κ2) is 3.94. The standard InChI is InChI=1S/C8H17NO/c1-3-10-8-5-4-7(6-8)9-2/h7-9H,3-6H2,1-2H3. The summed E-state index contributed by atoms with van der Waals surface area (Å²) in [5.74, 6) is 0. The predicted octanol–water partition coefficient (Wildman–Crippen LogP) is 1.16. The van der Waals surface area contributed by atoms with E-state index in [1.807, 2.05) is 7.05 Å². The quantitative estimate of drug-likeness (QED) is 0.640. The summed E-state index contributed by atoms with van der Waals surface area (Å²) in [5.41, 5.74) is 0. The molecule has 1 saturated carbocycles. The van der Waals surface area contributed by atoms with Gasteiger partial charge in [-0.15, -0.1) is 0 Å². The molecule has 0 heterocycles. The number of hydrogen-bond donors (Lipinski definition) is 1. The van der Waals surface area contributed by atoms with Crippen molar-refractivity contribution in [3.63, 3.8) is 0 Å². The van der Waals surface area contributed by atoms with E-state index in [1.165, 1.54) is 19.3 Å². The molecule has 60 valence electrons. The van der Waals surface area contributed by atoms with Gasteiger partial charge >= 0.3 is 0 Å².